The molecule has 1 atom stereocenters. The minimum atomic E-state index is -3.94. The predicted octanol–water partition coefficient (Wildman–Crippen LogP) is 2.43. The molecule has 4 rings (SSSR count). The third kappa shape index (κ3) is 6.74. The summed E-state index contributed by atoms with van der Waals surface area (Å²) in [6, 6.07) is 17.4. The quantitative estimate of drug-likeness (QED) is 0.259. The van der Waals surface area contributed by atoms with Crippen LogP contribution in [-0.4, -0.2) is 74.0 Å². The normalized spacial score (nSPS) is 15.2. The second-order valence-corrected chi connectivity index (χ2v) is 11.2. The molecule has 0 bridgehead atoms. The van der Waals surface area contributed by atoms with Gasteiger partial charge in [-0.05, 0) is 47.5 Å². The Bertz CT molecular complexity index is 1420. The highest BCUT2D eigenvalue weighted by atomic mass is 32.2. The molecule has 3 aromatic rings. The molecule has 1 heterocycles. The fraction of sp³-hybridized carbons (Fsp3) is 0.357. The second kappa shape index (κ2) is 12.6. The van der Waals surface area contributed by atoms with Crippen molar-refractivity contribution in [2.45, 2.75) is 37.8 Å². The van der Waals surface area contributed by atoms with Crippen LogP contribution in [0.3, 0.4) is 0 Å². The molecule has 10 nitrogen and oxygen atoms in total. The lowest BCUT2D eigenvalue weighted by Gasteiger charge is -2.38. The van der Waals surface area contributed by atoms with Crippen LogP contribution in [0.1, 0.15) is 24.5 Å². The number of hydrogen-bond acceptors (Lipinski definition) is 7. The Hall–Kier alpha value is -3.51. The van der Waals surface area contributed by atoms with Crippen LogP contribution in [0.5, 0.6) is 5.75 Å². The predicted molar refractivity (Wildman–Crippen MR) is 147 cm³/mol. The van der Waals surface area contributed by atoms with Crippen molar-refractivity contribution in [1.82, 2.24) is 20.0 Å². The van der Waals surface area contributed by atoms with Crippen LogP contribution in [0, 0.1) is 6.92 Å². The summed E-state index contributed by atoms with van der Waals surface area (Å²) in [7, 11) is -3.94. The largest absolute Gasteiger partial charge is 0.489 e. The number of hydroxylamine groups is 1. The van der Waals surface area contributed by atoms with Crippen molar-refractivity contribution >= 4 is 32.6 Å². The van der Waals surface area contributed by atoms with Gasteiger partial charge >= 0.3 is 0 Å². The van der Waals surface area contributed by atoms with Crippen molar-refractivity contribution in [2.75, 3.05) is 32.7 Å². The van der Waals surface area contributed by atoms with Crippen LogP contribution in [-0.2, 0) is 26.2 Å². The smallest absolute Gasteiger partial charge is 0.262 e. The minimum Gasteiger partial charge on any atom is -0.489 e. The number of amides is 2. The third-order valence-corrected chi connectivity index (χ3v) is 8.52. The van der Waals surface area contributed by atoms with E-state index in [4.69, 9.17) is 4.74 Å². The van der Waals surface area contributed by atoms with Crippen LogP contribution >= 0.6 is 0 Å². The Morgan fingerprint density at radius 1 is 1.00 bits per heavy atom. The van der Waals surface area contributed by atoms with E-state index in [0.717, 1.165) is 21.9 Å². The van der Waals surface area contributed by atoms with Crippen LogP contribution in [0.4, 0.5) is 0 Å². The molecule has 1 aliphatic heterocycles. The van der Waals surface area contributed by atoms with E-state index in [-0.39, 0.29) is 17.3 Å². The topological polar surface area (TPSA) is 128 Å². The van der Waals surface area contributed by atoms with Gasteiger partial charge in [-0.1, -0.05) is 43.3 Å². The molecule has 1 fully saturated rings. The van der Waals surface area contributed by atoms with Gasteiger partial charge in [-0.15, -0.1) is 0 Å². The van der Waals surface area contributed by atoms with E-state index < -0.39 is 22.0 Å². The lowest BCUT2D eigenvalue weighted by atomic mass is 10.0. The Kier molecular flexibility index (Phi) is 9.18. The number of benzene rings is 3. The molecule has 3 aromatic carbocycles. The van der Waals surface area contributed by atoms with Crippen LogP contribution in [0.25, 0.3) is 10.8 Å². The Labute approximate surface area is 228 Å². The molecule has 208 valence electrons. The fourth-order valence-electron chi connectivity index (χ4n) is 4.75. The monoisotopic (exact) mass is 554 g/mol. The highest BCUT2D eigenvalue weighted by Gasteiger charge is 2.31. The van der Waals surface area contributed by atoms with Gasteiger partial charge in [0.1, 0.15) is 18.4 Å². The van der Waals surface area contributed by atoms with E-state index in [1.165, 1.54) is 12.1 Å². The molecule has 0 aromatic heterocycles. The van der Waals surface area contributed by atoms with Gasteiger partial charge in [-0.3, -0.25) is 19.7 Å². The molecule has 0 radical (unpaired) electrons. The van der Waals surface area contributed by atoms with Gasteiger partial charge < -0.3 is 9.64 Å². The molecular formula is C28H34N4O6S. The van der Waals surface area contributed by atoms with Gasteiger partial charge in [0.05, 0.1) is 4.90 Å². The summed E-state index contributed by atoms with van der Waals surface area (Å²) in [5.41, 5.74) is 3.80. The van der Waals surface area contributed by atoms with Crippen molar-refractivity contribution in [3.63, 3.8) is 0 Å². The molecule has 1 saturated heterocycles. The van der Waals surface area contributed by atoms with Gasteiger partial charge in [0.2, 0.25) is 15.9 Å². The van der Waals surface area contributed by atoms with Crippen molar-refractivity contribution in [2.24, 2.45) is 0 Å². The average Bonchev–Trinajstić information content (AvgIpc) is 2.96. The van der Waals surface area contributed by atoms with Crippen LogP contribution in [0.15, 0.2) is 65.6 Å². The summed E-state index contributed by atoms with van der Waals surface area (Å²) >= 11 is 0. The zero-order valence-corrected chi connectivity index (χ0v) is 22.9. The summed E-state index contributed by atoms with van der Waals surface area (Å²) in [5, 5.41) is 11.5. The number of hydrogen-bond donors (Lipinski definition) is 3. The highest BCUT2D eigenvalue weighted by Crippen LogP contribution is 2.24. The van der Waals surface area contributed by atoms with Gasteiger partial charge in [-0.25, -0.2) is 18.6 Å². The zero-order valence-electron chi connectivity index (χ0n) is 22.1. The summed E-state index contributed by atoms with van der Waals surface area (Å²) in [5.74, 6) is -0.169. The number of carbonyl (C=O) groups is 2. The Balaban J connectivity index is 1.38. The minimum absolute atomic E-state index is 0.0257. The van der Waals surface area contributed by atoms with Crippen molar-refractivity contribution in [1.29, 1.82) is 0 Å². The second-order valence-electron chi connectivity index (χ2n) is 9.46. The average molecular weight is 555 g/mol. The molecule has 1 unspecified atom stereocenters. The van der Waals surface area contributed by atoms with Gasteiger partial charge in [-0.2, -0.15) is 0 Å². The lowest BCUT2D eigenvalue weighted by Crippen LogP contribution is -2.58. The number of piperazine rings is 1. The van der Waals surface area contributed by atoms with Crippen molar-refractivity contribution in [3.8, 4) is 5.75 Å². The molecule has 0 spiro atoms. The third-order valence-electron chi connectivity index (χ3n) is 7.08. The maximum absolute atomic E-state index is 13.0. The molecule has 0 saturated carbocycles. The first-order valence-corrected chi connectivity index (χ1v) is 14.4. The van der Waals surface area contributed by atoms with Crippen molar-refractivity contribution < 1.29 is 28.0 Å². The molecule has 0 aliphatic carbocycles. The van der Waals surface area contributed by atoms with E-state index in [1.54, 1.807) is 34.3 Å². The number of rotatable bonds is 10. The molecule has 11 heteroatoms. The standard InChI is InChI=1S/C28H34N4O6S/c1-3-27(33)32-16-14-31(15-17-32)26(28(34)30-35)18-29-39(36,37)23-12-10-22(11-13-23)38-19-25-20(2)8-9-21-6-4-5-7-24(21)25/h4-13,26,29,35H,3,14-19H2,1-2H3,(H,30,34). The van der Waals surface area contributed by atoms with E-state index in [2.05, 4.69) is 22.9 Å². The zero-order chi connectivity index (χ0) is 28.0. The number of sulfonamides is 1. The first kappa shape index (κ1) is 28.5. The number of aryl methyl sites for hydroxylation is 1. The Morgan fingerprint density at radius 3 is 2.36 bits per heavy atom. The molecule has 1 aliphatic rings. The SMILES string of the molecule is CCC(=O)N1CCN(C(CNS(=O)(=O)c2ccc(OCc3c(C)ccc4ccccc34)cc2)C(=O)NO)CC1. The molecule has 39 heavy (non-hydrogen) atoms. The fourth-order valence-corrected chi connectivity index (χ4v) is 5.79. The van der Waals surface area contributed by atoms with Crippen molar-refractivity contribution in [3.05, 3.63) is 71.8 Å². The van der Waals surface area contributed by atoms with E-state index in [1.807, 2.05) is 25.1 Å². The number of nitrogens with zero attached hydrogens (tertiary/aromatic N) is 2. The molecule has 2 amide bonds. The summed E-state index contributed by atoms with van der Waals surface area (Å²) < 4.78 is 34.4. The van der Waals surface area contributed by atoms with Gasteiger partial charge in [0.25, 0.3) is 5.91 Å². The first-order chi connectivity index (χ1) is 18.7. The van der Waals surface area contributed by atoms with E-state index in [0.29, 0.717) is 45.0 Å². The maximum Gasteiger partial charge on any atom is 0.262 e. The lowest BCUT2D eigenvalue weighted by molar-refractivity contribution is -0.137. The molecule has 3 N–H and O–H groups in total. The summed E-state index contributed by atoms with van der Waals surface area (Å²) in [6.45, 7) is 5.53. The number of fused-ring (bicyclic) bond motifs is 1. The van der Waals surface area contributed by atoms with Crippen LogP contribution < -0.4 is 14.9 Å². The molecular weight excluding hydrogens is 520 g/mol. The highest BCUT2D eigenvalue weighted by molar-refractivity contribution is 7.89. The Morgan fingerprint density at radius 2 is 1.69 bits per heavy atom. The van der Waals surface area contributed by atoms with E-state index >= 15 is 0 Å². The summed E-state index contributed by atoms with van der Waals surface area (Å²) in [6.07, 6.45) is 0.396. The number of carbonyl (C=O) groups excluding carboxylic acids is 2. The van der Waals surface area contributed by atoms with Crippen LogP contribution in [0.2, 0.25) is 0 Å². The van der Waals surface area contributed by atoms with E-state index in [9.17, 15) is 23.2 Å². The summed E-state index contributed by atoms with van der Waals surface area (Å²) in [4.78, 5) is 27.8. The first-order valence-electron chi connectivity index (χ1n) is 12.9. The van der Waals surface area contributed by atoms with Gasteiger partial charge in [0.15, 0.2) is 0 Å². The number of ether oxygens (including phenoxy) is 1. The maximum atomic E-state index is 13.0. The number of nitrogens with one attached hydrogen (secondary N) is 2. The van der Waals surface area contributed by atoms with Gasteiger partial charge in [0, 0.05) is 44.7 Å².